The van der Waals surface area contributed by atoms with Crippen LogP contribution < -0.4 is 10.2 Å². The Hall–Kier alpha value is -2.90. The molecule has 7 heteroatoms. The third kappa shape index (κ3) is 3.71. The summed E-state index contributed by atoms with van der Waals surface area (Å²) in [7, 11) is 2.18. The standard InChI is InChI=1S/C22H24N6S/c1-15-3-8-19(29-15)20-18-9-10-23-21(18)26-22(25-20)24-16-4-6-17(7-5-16)28-13-11-27(2)12-14-28/h3-10H,11-14H2,1-2H3,(H2,23,24,25,26). The van der Waals surface area contributed by atoms with Gasteiger partial charge in [0.05, 0.1) is 10.6 Å². The van der Waals surface area contributed by atoms with E-state index in [4.69, 9.17) is 4.98 Å². The normalized spacial score (nSPS) is 15.2. The number of aromatic nitrogens is 3. The number of anilines is 3. The molecule has 6 nitrogen and oxygen atoms in total. The minimum Gasteiger partial charge on any atom is -0.369 e. The minimum atomic E-state index is 0.605. The molecule has 29 heavy (non-hydrogen) atoms. The molecule has 5 rings (SSSR count). The zero-order valence-electron chi connectivity index (χ0n) is 16.6. The van der Waals surface area contributed by atoms with Crippen molar-refractivity contribution in [3.8, 4) is 10.6 Å². The van der Waals surface area contributed by atoms with Gasteiger partial charge in [0.1, 0.15) is 5.65 Å². The van der Waals surface area contributed by atoms with E-state index in [0.29, 0.717) is 5.95 Å². The predicted octanol–water partition coefficient (Wildman–Crippen LogP) is 4.49. The van der Waals surface area contributed by atoms with Gasteiger partial charge in [-0.1, -0.05) is 0 Å². The van der Waals surface area contributed by atoms with E-state index in [0.717, 1.165) is 53.5 Å². The fraction of sp³-hybridized carbons (Fsp3) is 0.273. The number of hydrogen-bond acceptors (Lipinski definition) is 6. The molecule has 4 aromatic rings. The van der Waals surface area contributed by atoms with Crippen molar-refractivity contribution in [2.45, 2.75) is 6.92 Å². The maximum Gasteiger partial charge on any atom is 0.229 e. The highest BCUT2D eigenvalue weighted by Gasteiger charge is 2.15. The molecular weight excluding hydrogens is 380 g/mol. The molecule has 2 N–H and O–H groups in total. The molecule has 0 unspecified atom stereocenters. The highest BCUT2D eigenvalue weighted by Crippen LogP contribution is 2.32. The van der Waals surface area contributed by atoms with E-state index in [9.17, 15) is 0 Å². The summed E-state index contributed by atoms with van der Waals surface area (Å²) in [4.78, 5) is 19.9. The number of rotatable bonds is 4. The first kappa shape index (κ1) is 18.1. The summed E-state index contributed by atoms with van der Waals surface area (Å²) in [6, 6.07) is 14.8. The van der Waals surface area contributed by atoms with Gasteiger partial charge in [-0.05, 0) is 56.4 Å². The number of thiophene rings is 1. The average molecular weight is 405 g/mol. The SMILES string of the molecule is Cc1ccc(-c2nc(Nc3ccc(N4CCN(C)CC4)cc3)nc3[nH]ccc23)s1. The molecule has 0 bridgehead atoms. The number of aromatic amines is 1. The fourth-order valence-corrected chi connectivity index (χ4v) is 4.57. The van der Waals surface area contributed by atoms with Crippen molar-refractivity contribution in [1.82, 2.24) is 19.9 Å². The maximum atomic E-state index is 4.82. The molecule has 0 saturated carbocycles. The summed E-state index contributed by atoms with van der Waals surface area (Å²) in [5.41, 5.74) is 4.06. The Balaban J connectivity index is 1.40. The zero-order chi connectivity index (χ0) is 19.8. The van der Waals surface area contributed by atoms with Crippen LogP contribution in [-0.2, 0) is 0 Å². The van der Waals surface area contributed by atoms with E-state index >= 15 is 0 Å². The fourth-order valence-electron chi connectivity index (χ4n) is 3.70. The van der Waals surface area contributed by atoms with Crippen molar-refractivity contribution < 1.29 is 0 Å². The van der Waals surface area contributed by atoms with E-state index in [1.807, 2.05) is 12.3 Å². The summed E-state index contributed by atoms with van der Waals surface area (Å²) in [6.07, 6.45) is 1.91. The minimum absolute atomic E-state index is 0.605. The molecular formula is C22H24N6S. The molecule has 1 saturated heterocycles. The molecule has 3 aromatic heterocycles. The van der Waals surface area contributed by atoms with Gasteiger partial charge >= 0.3 is 0 Å². The number of nitrogens with one attached hydrogen (secondary N) is 2. The first-order valence-corrected chi connectivity index (χ1v) is 10.7. The Morgan fingerprint density at radius 1 is 0.966 bits per heavy atom. The van der Waals surface area contributed by atoms with Gasteiger partial charge < -0.3 is 20.1 Å². The van der Waals surface area contributed by atoms with Crippen LogP contribution in [-0.4, -0.2) is 53.1 Å². The Morgan fingerprint density at radius 2 is 1.76 bits per heavy atom. The molecule has 0 radical (unpaired) electrons. The summed E-state index contributed by atoms with van der Waals surface area (Å²) in [5.74, 6) is 0.605. The number of benzene rings is 1. The van der Waals surface area contributed by atoms with Crippen molar-refractivity contribution in [3.05, 3.63) is 53.5 Å². The summed E-state index contributed by atoms with van der Waals surface area (Å²) >= 11 is 1.75. The van der Waals surface area contributed by atoms with Gasteiger partial charge in [0, 0.05) is 54.0 Å². The van der Waals surface area contributed by atoms with Crippen LogP contribution >= 0.6 is 11.3 Å². The number of nitrogens with zero attached hydrogens (tertiary/aromatic N) is 4. The van der Waals surface area contributed by atoms with Gasteiger partial charge in [0.2, 0.25) is 5.95 Å². The second-order valence-electron chi connectivity index (χ2n) is 7.51. The van der Waals surface area contributed by atoms with Gasteiger partial charge in [0.15, 0.2) is 0 Å². The van der Waals surface area contributed by atoms with Crippen molar-refractivity contribution >= 4 is 39.7 Å². The summed E-state index contributed by atoms with van der Waals surface area (Å²) in [5, 5.41) is 4.42. The lowest BCUT2D eigenvalue weighted by Gasteiger charge is -2.34. The second kappa shape index (κ2) is 7.50. The zero-order valence-corrected chi connectivity index (χ0v) is 17.5. The Labute approximate surface area is 174 Å². The van der Waals surface area contributed by atoms with Gasteiger partial charge in [-0.3, -0.25) is 0 Å². The van der Waals surface area contributed by atoms with Crippen LogP contribution in [0.1, 0.15) is 4.88 Å². The number of aryl methyl sites for hydroxylation is 1. The highest BCUT2D eigenvalue weighted by atomic mass is 32.1. The molecule has 0 spiro atoms. The van der Waals surface area contributed by atoms with Crippen molar-refractivity contribution in [1.29, 1.82) is 0 Å². The van der Waals surface area contributed by atoms with Gasteiger partial charge in [-0.25, -0.2) is 4.98 Å². The quantitative estimate of drug-likeness (QED) is 0.525. The second-order valence-corrected chi connectivity index (χ2v) is 8.80. The van der Waals surface area contributed by atoms with E-state index in [2.05, 4.69) is 75.5 Å². The molecule has 1 aromatic carbocycles. The van der Waals surface area contributed by atoms with Crippen LogP contribution in [0, 0.1) is 6.92 Å². The number of likely N-dealkylation sites (N-methyl/N-ethyl adjacent to an activating group) is 1. The van der Waals surface area contributed by atoms with Crippen LogP contribution in [0.2, 0.25) is 0 Å². The third-order valence-electron chi connectivity index (χ3n) is 5.38. The lowest BCUT2D eigenvalue weighted by Crippen LogP contribution is -2.44. The van der Waals surface area contributed by atoms with E-state index < -0.39 is 0 Å². The third-order valence-corrected chi connectivity index (χ3v) is 6.39. The lowest BCUT2D eigenvalue weighted by molar-refractivity contribution is 0.313. The van der Waals surface area contributed by atoms with Gasteiger partial charge in [-0.15, -0.1) is 11.3 Å². The Morgan fingerprint density at radius 3 is 2.48 bits per heavy atom. The molecule has 0 atom stereocenters. The lowest BCUT2D eigenvalue weighted by atomic mass is 10.2. The predicted molar refractivity (Wildman–Crippen MR) is 121 cm³/mol. The topological polar surface area (TPSA) is 60.1 Å². The van der Waals surface area contributed by atoms with Crippen molar-refractivity contribution in [2.24, 2.45) is 0 Å². The van der Waals surface area contributed by atoms with Crippen LogP contribution in [0.3, 0.4) is 0 Å². The molecule has 148 valence electrons. The van der Waals surface area contributed by atoms with Crippen LogP contribution in [0.4, 0.5) is 17.3 Å². The van der Waals surface area contributed by atoms with Crippen LogP contribution in [0.25, 0.3) is 21.6 Å². The molecule has 1 fully saturated rings. The molecule has 0 amide bonds. The van der Waals surface area contributed by atoms with Crippen LogP contribution in [0.15, 0.2) is 48.7 Å². The van der Waals surface area contributed by atoms with Gasteiger partial charge in [0.25, 0.3) is 0 Å². The summed E-state index contributed by atoms with van der Waals surface area (Å²) in [6.45, 7) is 6.47. The van der Waals surface area contributed by atoms with E-state index in [-0.39, 0.29) is 0 Å². The summed E-state index contributed by atoms with van der Waals surface area (Å²) < 4.78 is 0. The first-order chi connectivity index (χ1) is 14.2. The smallest absolute Gasteiger partial charge is 0.229 e. The number of fused-ring (bicyclic) bond motifs is 1. The van der Waals surface area contributed by atoms with Crippen LogP contribution in [0.5, 0.6) is 0 Å². The highest BCUT2D eigenvalue weighted by molar-refractivity contribution is 7.15. The van der Waals surface area contributed by atoms with E-state index in [1.54, 1.807) is 11.3 Å². The Bertz CT molecular complexity index is 1120. The molecule has 4 heterocycles. The number of H-pyrrole nitrogens is 1. The largest absolute Gasteiger partial charge is 0.369 e. The monoisotopic (exact) mass is 404 g/mol. The van der Waals surface area contributed by atoms with Crippen molar-refractivity contribution in [3.63, 3.8) is 0 Å². The average Bonchev–Trinajstić information content (AvgIpc) is 3.37. The van der Waals surface area contributed by atoms with E-state index in [1.165, 1.54) is 10.6 Å². The Kier molecular flexibility index (Phi) is 4.69. The number of hydrogen-bond donors (Lipinski definition) is 2. The molecule has 0 aliphatic carbocycles. The van der Waals surface area contributed by atoms with Crippen molar-refractivity contribution in [2.75, 3.05) is 43.4 Å². The molecule has 1 aliphatic rings. The van der Waals surface area contributed by atoms with Gasteiger partial charge in [-0.2, -0.15) is 4.98 Å². The molecule has 1 aliphatic heterocycles. The maximum absolute atomic E-state index is 4.82. The number of piperazine rings is 1. The first-order valence-electron chi connectivity index (χ1n) is 9.88.